The summed E-state index contributed by atoms with van der Waals surface area (Å²) in [6, 6.07) is 0.794. The number of nitrogens with one attached hydrogen (secondary N) is 1. The summed E-state index contributed by atoms with van der Waals surface area (Å²) in [5.41, 5.74) is 0. The minimum atomic E-state index is 0.794. The molecule has 2 aliphatic carbocycles. The molecule has 2 fully saturated rings. The molecule has 0 aromatic heterocycles. The maximum atomic E-state index is 3.81. The van der Waals surface area contributed by atoms with Crippen LogP contribution in [0, 0.1) is 29.6 Å². The molecule has 0 spiro atoms. The molecule has 2 aliphatic rings. The summed E-state index contributed by atoms with van der Waals surface area (Å²) < 4.78 is 0. The van der Waals surface area contributed by atoms with Gasteiger partial charge in [-0.1, -0.05) is 34.1 Å². The van der Waals surface area contributed by atoms with Gasteiger partial charge in [0.2, 0.25) is 0 Å². The fourth-order valence-corrected chi connectivity index (χ4v) is 3.85. The van der Waals surface area contributed by atoms with Crippen molar-refractivity contribution in [2.24, 2.45) is 29.6 Å². The van der Waals surface area contributed by atoms with E-state index in [4.69, 9.17) is 0 Å². The summed E-state index contributed by atoms with van der Waals surface area (Å²) in [5, 5.41) is 3.81. The highest BCUT2D eigenvalue weighted by atomic mass is 14.9. The number of hydrogen-bond donors (Lipinski definition) is 1. The monoisotopic (exact) mass is 237 g/mol. The second-order valence-corrected chi connectivity index (χ2v) is 6.81. The molecule has 0 aromatic rings. The Hall–Kier alpha value is -0.0400. The Morgan fingerprint density at radius 2 is 1.65 bits per heavy atom. The molecule has 5 unspecified atom stereocenters. The van der Waals surface area contributed by atoms with Crippen LogP contribution in [0.2, 0.25) is 0 Å². The lowest BCUT2D eigenvalue weighted by molar-refractivity contribution is 0.139. The third kappa shape index (κ3) is 3.24. The van der Waals surface area contributed by atoms with E-state index in [2.05, 4.69) is 33.0 Å². The van der Waals surface area contributed by atoms with E-state index in [-0.39, 0.29) is 0 Å². The average Bonchev–Trinajstić information content (AvgIpc) is 3.13. The Labute approximate surface area is 108 Å². The Balaban J connectivity index is 1.95. The van der Waals surface area contributed by atoms with Gasteiger partial charge in [-0.25, -0.2) is 0 Å². The van der Waals surface area contributed by atoms with Gasteiger partial charge in [-0.15, -0.1) is 0 Å². The van der Waals surface area contributed by atoms with Gasteiger partial charge in [0.15, 0.2) is 0 Å². The fraction of sp³-hybridized carbons (Fsp3) is 1.00. The van der Waals surface area contributed by atoms with Gasteiger partial charge in [-0.05, 0) is 61.8 Å². The summed E-state index contributed by atoms with van der Waals surface area (Å²) in [5.74, 6) is 4.76. The minimum Gasteiger partial charge on any atom is -0.314 e. The van der Waals surface area contributed by atoms with Crippen molar-refractivity contribution < 1.29 is 0 Å². The van der Waals surface area contributed by atoms with E-state index in [0.29, 0.717) is 0 Å². The molecule has 0 amide bonds. The zero-order valence-corrected chi connectivity index (χ0v) is 12.2. The molecule has 0 heterocycles. The summed E-state index contributed by atoms with van der Waals surface area (Å²) in [6.07, 6.45) is 7.34. The largest absolute Gasteiger partial charge is 0.314 e. The highest BCUT2D eigenvalue weighted by Crippen LogP contribution is 2.43. The molecular weight excluding hydrogens is 206 g/mol. The molecule has 0 radical (unpaired) electrons. The van der Waals surface area contributed by atoms with Crippen molar-refractivity contribution in [3.63, 3.8) is 0 Å². The molecule has 0 bridgehead atoms. The van der Waals surface area contributed by atoms with Gasteiger partial charge in [0.25, 0.3) is 0 Å². The lowest BCUT2D eigenvalue weighted by Crippen LogP contribution is -2.44. The van der Waals surface area contributed by atoms with Crippen LogP contribution >= 0.6 is 0 Å². The third-order valence-electron chi connectivity index (χ3n) is 5.52. The molecule has 100 valence electrons. The van der Waals surface area contributed by atoms with Crippen LogP contribution in [0.4, 0.5) is 0 Å². The summed E-state index contributed by atoms with van der Waals surface area (Å²) >= 11 is 0. The molecule has 2 saturated carbocycles. The summed E-state index contributed by atoms with van der Waals surface area (Å²) in [6.45, 7) is 10.8. The molecule has 0 aliphatic heterocycles. The Morgan fingerprint density at radius 3 is 2.18 bits per heavy atom. The highest BCUT2D eigenvalue weighted by molar-refractivity contribution is 4.92. The smallest absolute Gasteiger partial charge is 0.0124 e. The number of hydrogen-bond acceptors (Lipinski definition) is 1. The molecule has 17 heavy (non-hydrogen) atoms. The van der Waals surface area contributed by atoms with Crippen LogP contribution in [0.15, 0.2) is 0 Å². The minimum absolute atomic E-state index is 0.794. The van der Waals surface area contributed by atoms with Gasteiger partial charge >= 0.3 is 0 Å². The lowest BCUT2D eigenvalue weighted by Gasteiger charge is -2.39. The summed E-state index contributed by atoms with van der Waals surface area (Å²) in [7, 11) is 0. The number of rotatable bonds is 5. The van der Waals surface area contributed by atoms with E-state index < -0.39 is 0 Å². The van der Waals surface area contributed by atoms with Crippen LogP contribution in [-0.2, 0) is 0 Å². The Bertz CT molecular complexity index is 234. The van der Waals surface area contributed by atoms with E-state index in [1.807, 2.05) is 0 Å². The van der Waals surface area contributed by atoms with E-state index >= 15 is 0 Å². The van der Waals surface area contributed by atoms with E-state index in [9.17, 15) is 0 Å². The standard InChI is InChI=1S/C16H31N/c1-5-17-16(13(4)14-8-9-14)15-7-6-11(2)12(3)10-15/h11-17H,5-10H2,1-4H3. The van der Waals surface area contributed by atoms with Crippen LogP contribution in [-0.4, -0.2) is 12.6 Å². The molecule has 5 atom stereocenters. The molecule has 0 aromatic carbocycles. The Kier molecular flexibility index (Phi) is 4.52. The van der Waals surface area contributed by atoms with Gasteiger partial charge in [0.1, 0.15) is 0 Å². The van der Waals surface area contributed by atoms with Gasteiger partial charge < -0.3 is 5.32 Å². The van der Waals surface area contributed by atoms with Crippen LogP contribution in [0.5, 0.6) is 0 Å². The molecule has 2 rings (SSSR count). The normalized spacial score (nSPS) is 37.8. The molecule has 1 N–H and O–H groups in total. The SMILES string of the molecule is CCNC(C1CCC(C)C(C)C1)C(C)C1CC1. The van der Waals surface area contributed by atoms with Gasteiger partial charge in [-0.2, -0.15) is 0 Å². The van der Waals surface area contributed by atoms with E-state index in [0.717, 1.165) is 42.2 Å². The first-order chi connectivity index (χ1) is 8.13. The zero-order valence-electron chi connectivity index (χ0n) is 12.2. The second-order valence-electron chi connectivity index (χ2n) is 6.81. The first-order valence-electron chi connectivity index (χ1n) is 7.86. The highest BCUT2D eigenvalue weighted by Gasteiger charge is 2.38. The van der Waals surface area contributed by atoms with E-state index in [1.54, 1.807) is 0 Å². The van der Waals surface area contributed by atoms with Crippen LogP contribution < -0.4 is 5.32 Å². The van der Waals surface area contributed by atoms with Crippen molar-refractivity contribution in [1.82, 2.24) is 5.32 Å². The molecule has 1 heteroatoms. The third-order valence-corrected chi connectivity index (χ3v) is 5.52. The quantitative estimate of drug-likeness (QED) is 0.759. The fourth-order valence-electron chi connectivity index (χ4n) is 3.85. The van der Waals surface area contributed by atoms with Crippen molar-refractivity contribution in [3.8, 4) is 0 Å². The molecular formula is C16H31N. The second kappa shape index (κ2) is 5.73. The molecule has 0 saturated heterocycles. The van der Waals surface area contributed by atoms with Crippen molar-refractivity contribution in [3.05, 3.63) is 0 Å². The maximum Gasteiger partial charge on any atom is 0.0124 e. The zero-order chi connectivity index (χ0) is 12.4. The van der Waals surface area contributed by atoms with Crippen LogP contribution in [0.1, 0.15) is 59.8 Å². The van der Waals surface area contributed by atoms with Crippen molar-refractivity contribution in [2.75, 3.05) is 6.54 Å². The van der Waals surface area contributed by atoms with Crippen molar-refractivity contribution in [1.29, 1.82) is 0 Å². The topological polar surface area (TPSA) is 12.0 Å². The van der Waals surface area contributed by atoms with Crippen LogP contribution in [0.25, 0.3) is 0 Å². The van der Waals surface area contributed by atoms with Crippen LogP contribution in [0.3, 0.4) is 0 Å². The average molecular weight is 237 g/mol. The predicted molar refractivity (Wildman–Crippen MR) is 75.0 cm³/mol. The van der Waals surface area contributed by atoms with Gasteiger partial charge in [0, 0.05) is 6.04 Å². The first-order valence-corrected chi connectivity index (χ1v) is 7.86. The van der Waals surface area contributed by atoms with Crippen molar-refractivity contribution in [2.45, 2.75) is 65.8 Å². The van der Waals surface area contributed by atoms with Gasteiger partial charge in [0.05, 0.1) is 0 Å². The first kappa shape index (κ1) is 13.4. The Morgan fingerprint density at radius 1 is 1.00 bits per heavy atom. The lowest BCUT2D eigenvalue weighted by atomic mass is 9.70. The predicted octanol–water partition coefficient (Wildman–Crippen LogP) is 4.08. The maximum absolute atomic E-state index is 3.81. The summed E-state index contributed by atoms with van der Waals surface area (Å²) in [4.78, 5) is 0. The van der Waals surface area contributed by atoms with Gasteiger partial charge in [-0.3, -0.25) is 0 Å². The van der Waals surface area contributed by atoms with Crippen molar-refractivity contribution >= 4 is 0 Å². The van der Waals surface area contributed by atoms with E-state index in [1.165, 1.54) is 32.1 Å². The molecule has 1 nitrogen and oxygen atoms in total.